The summed E-state index contributed by atoms with van der Waals surface area (Å²) in [6.07, 6.45) is 5.58. The van der Waals surface area contributed by atoms with Crippen molar-refractivity contribution in [3.05, 3.63) is 90.1 Å². The van der Waals surface area contributed by atoms with Gasteiger partial charge in [0.1, 0.15) is 0 Å². The van der Waals surface area contributed by atoms with Crippen LogP contribution in [0.3, 0.4) is 0 Å². The quantitative estimate of drug-likeness (QED) is 0.515. The zero-order valence-electron chi connectivity index (χ0n) is 16.3. The molecule has 3 nitrogen and oxygen atoms in total. The molecule has 2 N–H and O–H groups in total. The molecule has 1 unspecified atom stereocenters. The highest BCUT2D eigenvalue weighted by Crippen LogP contribution is 2.40. The van der Waals surface area contributed by atoms with Gasteiger partial charge in [0.25, 0.3) is 0 Å². The van der Waals surface area contributed by atoms with Gasteiger partial charge < -0.3 is 14.6 Å². The summed E-state index contributed by atoms with van der Waals surface area (Å²) in [6.45, 7) is 2.29. The van der Waals surface area contributed by atoms with Gasteiger partial charge in [0.15, 0.2) is 0 Å². The third-order valence-electron chi connectivity index (χ3n) is 5.84. The van der Waals surface area contributed by atoms with E-state index in [-0.39, 0.29) is 0 Å². The van der Waals surface area contributed by atoms with E-state index in [0.29, 0.717) is 11.4 Å². The van der Waals surface area contributed by atoms with Crippen molar-refractivity contribution in [3.63, 3.8) is 0 Å². The fraction of sp³-hybridized carbons (Fsp3) is 0.120. The second-order valence-corrected chi connectivity index (χ2v) is 7.74. The molecule has 3 aromatic carbocycles. The SMILES string of the molecule is CC1CC=Cc2c1n(-c1ccccc1)c1cc(-c3ccc(B(O)O)cc3)ccc21. The number of rotatable bonds is 3. The summed E-state index contributed by atoms with van der Waals surface area (Å²) in [4.78, 5) is 0. The van der Waals surface area contributed by atoms with Gasteiger partial charge in [0, 0.05) is 28.2 Å². The maximum Gasteiger partial charge on any atom is 0.488 e. The molecule has 0 saturated heterocycles. The van der Waals surface area contributed by atoms with Crippen molar-refractivity contribution in [1.82, 2.24) is 4.57 Å². The molecule has 1 aliphatic rings. The van der Waals surface area contributed by atoms with Gasteiger partial charge in [-0.3, -0.25) is 0 Å². The van der Waals surface area contributed by atoms with Crippen LogP contribution in [0.4, 0.5) is 0 Å². The largest absolute Gasteiger partial charge is 0.488 e. The maximum absolute atomic E-state index is 9.35. The van der Waals surface area contributed by atoms with Gasteiger partial charge in [0.2, 0.25) is 0 Å². The minimum absolute atomic E-state index is 0.455. The maximum atomic E-state index is 9.35. The topological polar surface area (TPSA) is 45.4 Å². The molecule has 0 fully saturated rings. The molecular weight excluding hydrogens is 357 g/mol. The van der Waals surface area contributed by atoms with Crippen LogP contribution in [0.15, 0.2) is 78.9 Å². The standard InChI is InChI=1S/C25H22BNO2/c1-17-6-5-9-23-22-15-12-19(18-10-13-20(14-11-18)26(28)29)16-24(22)27(25(17)23)21-7-3-2-4-8-21/h2-5,7-17,28-29H,6H2,1H3. The van der Waals surface area contributed by atoms with E-state index in [1.807, 2.05) is 18.2 Å². The van der Waals surface area contributed by atoms with Crippen LogP contribution in [0.25, 0.3) is 33.8 Å². The lowest BCUT2D eigenvalue weighted by atomic mass is 9.80. The molecule has 4 heteroatoms. The zero-order chi connectivity index (χ0) is 20.0. The third kappa shape index (κ3) is 3.01. The Morgan fingerprint density at radius 1 is 0.897 bits per heavy atom. The first kappa shape index (κ1) is 18.0. The Bertz CT molecular complexity index is 1210. The van der Waals surface area contributed by atoms with Gasteiger partial charge in [-0.05, 0) is 41.2 Å². The van der Waals surface area contributed by atoms with Crippen LogP contribution in [0.1, 0.15) is 30.5 Å². The normalized spacial score (nSPS) is 15.5. The van der Waals surface area contributed by atoms with Gasteiger partial charge in [0.05, 0.1) is 5.52 Å². The van der Waals surface area contributed by atoms with E-state index >= 15 is 0 Å². The van der Waals surface area contributed by atoms with Crippen molar-refractivity contribution < 1.29 is 10.0 Å². The fourth-order valence-corrected chi connectivity index (χ4v) is 4.38. The highest BCUT2D eigenvalue weighted by Gasteiger charge is 2.23. The molecule has 0 amide bonds. The number of benzene rings is 3. The van der Waals surface area contributed by atoms with E-state index in [1.165, 1.54) is 27.8 Å². The zero-order valence-corrected chi connectivity index (χ0v) is 16.3. The summed E-state index contributed by atoms with van der Waals surface area (Å²) in [5.41, 5.74) is 7.72. The molecule has 1 atom stereocenters. The van der Waals surface area contributed by atoms with Gasteiger partial charge in [-0.2, -0.15) is 0 Å². The summed E-state index contributed by atoms with van der Waals surface area (Å²) < 4.78 is 2.40. The van der Waals surface area contributed by atoms with Crippen molar-refractivity contribution in [2.75, 3.05) is 0 Å². The summed E-state index contributed by atoms with van der Waals surface area (Å²) in [5, 5.41) is 20.0. The Kier molecular flexibility index (Phi) is 4.38. The summed E-state index contributed by atoms with van der Waals surface area (Å²) in [5.74, 6) is 0.455. The molecule has 0 aliphatic heterocycles. The molecule has 5 rings (SSSR count). The Morgan fingerprint density at radius 3 is 2.34 bits per heavy atom. The lowest BCUT2D eigenvalue weighted by Gasteiger charge is -2.19. The van der Waals surface area contributed by atoms with Gasteiger partial charge in [-0.15, -0.1) is 0 Å². The molecule has 4 aromatic rings. The van der Waals surface area contributed by atoms with Crippen molar-refractivity contribution >= 4 is 29.6 Å². The monoisotopic (exact) mass is 379 g/mol. The number of hydrogen-bond acceptors (Lipinski definition) is 2. The molecule has 0 radical (unpaired) electrons. The van der Waals surface area contributed by atoms with Crippen molar-refractivity contribution in [2.45, 2.75) is 19.3 Å². The smallest absolute Gasteiger partial charge is 0.423 e. The first-order chi connectivity index (χ1) is 14.1. The Hall–Kier alpha value is -3.08. The van der Waals surface area contributed by atoms with Crippen LogP contribution in [0.2, 0.25) is 0 Å². The number of fused-ring (bicyclic) bond motifs is 3. The number of aromatic nitrogens is 1. The van der Waals surface area contributed by atoms with Gasteiger partial charge in [-0.25, -0.2) is 0 Å². The number of nitrogens with zero attached hydrogens (tertiary/aromatic N) is 1. The van der Waals surface area contributed by atoms with Crippen LogP contribution in [0, 0.1) is 0 Å². The predicted molar refractivity (Wildman–Crippen MR) is 121 cm³/mol. The molecule has 29 heavy (non-hydrogen) atoms. The third-order valence-corrected chi connectivity index (χ3v) is 5.84. The van der Waals surface area contributed by atoms with Crippen molar-refractivity contribution in [3.8, 4) is 16.8 Å². The van der Waals surface area contributed by atoms with E-state index in [2.05, 4.69) is 66.1 Å². The molecule has 142 valence electrons. The Morgan fingerprint density at radius 2 is 1.62 bits per heavy atom. The first-order valence-electron chi connectivity index (χ1n) is 10.0. The van der Waals surface area contributed by atoms with E-state index in [1.54, 1.807) is 12.1 Å². The van der Waals surface area contributed by atoms with Gasteiger partial charge >= 0.3 is 7.12 Å². The second-order valence-electron chi connectivity index (χ2n) is 7.74. The molecule has 0 saturated carbocycles. The Balaban J connectivity index is 1.74. The summed E-state index contributed by atoms with van der Waals surface area (Å²) >= 11 is 0. The molecular formula is C25H22BNO2. The van der Waals surface area contributed by atoms with E-state index in [9.17, 15) is 10.0 Å². The Labute approximate surface area is 170 Å². The van der Waals surface area contributed by atoms with E-state index in [0.717, 1.165) is 17.5 Å². The lowest BCUT2D eigenvalue weighted by Crippen LogP contribution is -2.29. The van der Waals surface area contributed by atoms with Crippen LogP contribution in [-0.2, 0) is 0 Å². The summed E-state index contributed by atoms with van der Waals surface area (Å²) in [6, 6.07) is 24.5. The van der Waals surface area contributed by atoms with Crippen molar-refractivity contribution in [2.24, 2.45) is 0 Å². The second kappa shape index (κ2) is 7.07. The van der Waals surface area contributed by atoms with Crippen LogP contribution in [0.5, 0.6) is 0 Å². The van der Waals surface area contributed by atoms with Gasteiger partial charge in [-0.1, -0.05) is 73.7 Å². The summed E-state index contributed by atoms with van der Waals surface area (Å²) in [7, 11) is -1.44. The van der Waals surface area contributed by atoms with Crippen molar-refractivity contribution in [1.29, 1.82) is 0 Å². The average Bonchev–Trinajstić information content (AvgIpc) is 3.09. The molecule has 1 heterocycles. The molecule has 1 aliphatic carbocycles. The lowest BCUT2D eigenvalue weighted by molar-refractivity contribution is 0.426. The van der Waals surface area contributed by atoms with E-state index < -0.39 is 7.12 Å². The number of hydrogen-bond donors (Lipinski definition) is 2. The highest BCUT2D eigenvalue weighted by atomic mass is 16.4. The average molecular weight is 379 g/mol. The van der Waals surface area contributed by atoms with Crippen LogP contribution >= 0.6 is 0 Å². The minimum atomic E-state index is -1.44. The molecule has 0 spiro atoms. The first-order valence-corrected chi connectivity index (χ1v) is 10.0. The van der Waals surface area contributed by atoms with Crippen LogP contribution < -0.4 is 5.46 Å². The van der Waals surface area contributed by atoms with E-state index in [4.69, 9.17) is 0 Å². The minimum Gasteiger partial charge on any atom is -0.423 e. The highest BCUT2D eigenvalue weighted by molar-refractivity contribution is 6.58. The fourth-order valence-electron chi connectivity index (χ4n) is 4.38. The van der Waals surface area contributed by atoms with Crippen LogP contribution in [-0.4, -0.2) is 21.7 Å². The number of allylic oxidation sites excluding steroid dienone is 1. The molecule has 0 bridgehead atoms. The number of para-hydroxylation sites is 1. The predicted octanol–water partition coefficient (Wildman–Crippen LogP) is 4.50. The molecule has 1 aromatic heterocycles.